The van der Waals surface area contributed by atoms with Gasteiger partial charge in [-0.25, -0.2) is 0 Å². The number of halogens is 1. The summed E-state index contributed by atoms with van der Waals surface area (Å²) < 4.78 is 10.9. The summed E-state index contributed by atoms with van der Waals surface area (Å²) in [6.45, 7) is 0.618. The highest BCUT2D eigenvalue weighted by molar-refractivity contribution is 6.35. The minimum absolute atomic E-state index is 0.185. The zero-order valence-corrected chi connectivity index (χ0v) is 11.5. The van der Waals surface area contributed by atoms with Crippen molar-refractivity contribution in [2.24, 2.45) is 0 Å². The monoisotopic (exact) mass is 289 g/mol. The number of aromatic nitrogens is 2. The molecule has 0 saturated carbocycles. The number of ether oxygens (including phenoxy) is 1. The molecule has 0 aliphatic heterocycles. The number of pyridine rings is 1. The minimum atomic E-state index is 0.185. The quantitative estimate of drug-likeness (QED) is 0.798. The van der Waals surface area contributed by atoms with Crippen LogP contribution in [-0.4, -0.2) is 17.0 Å². The molecule has 0 atom stereocenters. The van der Waals surface area contributed by atoms with Crippen molar-refractivity contribution in [1.82, 2.24) is 15.3 Å². The van der Waals surface area contributed by atoms with Crippen LogP contribution in [0.3, 0.4) is 0 Å². The maximum Gasteiger partial charge on any atom is 0.399 e. The highest BCUT2D eigenvalue weighted by Gasteiger charge is 2.11. The van der Waals surface area contributed by atoms with Gasteiger partial charge in [-0.3, -0.25) is 4.98 Å². The molecule has 3 aromatic rings. The van der Waals surface area contributed by atoms with Crippen LogP contribution in [0.5, 0.6) is 11.8 Å². The van der Waals surface area contributed by atoms with Gasteiger partial charge in [0.05, 0.1) is 10.7 Å². The first-order chi connectivity index (χ1) is 9.78. The molecule has 0 aliphatic rings. The summed E-state index contributed by atoms with van der Waals surface area (Å²) in [6, 6.07) is 7.23. The molecule has 0 bridgehead atoms. The van der Waals surface area contributed by atoms with Crippen molar-refractivity contribution in [1.29, 1.82) is 0 Å². The van der Waals surface area contributed by atoms with E-state index in [-0.39, 0.29) is 6.08 Å². The average Bonchev–Trinajstić information content (AvgIpc) is 2.90. The second kappa shape index (κ2) is 5.48. The van der Waals surface area contributed by atoms with Crippen LogP contribution in [0.4, 0.5) is 0 Å². The van der Waals surface area contributed by atoms with Gasteiger partial charge in [-0.1, -0.05) is 11.6 Å². The molecule has 0 aliphatic carbocycles. The number of rotatable bonds is 4. The number of hydrogen-bond acceptors (Lipinski definition) is 5. The summed E-state index contributed by atoms with van der Waals surface area (Å²) in [7, 11) is 1.84. The van der Waals surface area contributed by atoms with E-state index in [0.29, 0.717) is 22.8 Å². The topological polar surface area (TPSA) is 60.2 Å². The maximum absolute atomic E-state index is 6.13. The smallest absolute Gasteiger partial charge is 0.399 e. The molecular formula is C14H12ClN3O2. The summed E-state index contributed by atoms with van der Waals surface area (Å²) in [6.07, 6.45) is 3.43. The fourth-order valence-electron chi connectivity index (χ4n) is 1.89. The molecule has 3 rings (SSSR count). The molecule has 20 heavy (non-hydrogen) atoms. The Hall–Kier alpha value is -2.11. The molecule has 0 spiro atoms. The van der Waals surface area contributed by atoms with Gasteiger partial charge < -0.3 is 14.5 Å². The lowest BCUT2D eigenvalue weighted by Crippen LogP contribution is -2.04. The molecule has 2 aromatic heterocycles. The Kier molecular flexibility index (Phi) is 3.54. The Morgan fingerprint density at radius 2 is 2.25 bits per heavy atom. The second-order valence-corrected chi connectivity index (χ2v) is 4.59. The molecule has 6 heteroatoms. The van der Waals surface area contributed by atoms with Gasteiger partial charge in [-0.15, -0.1) is 0 Å². The Morgan fingerprint density at radius 3 is 3.10 bits per heavy atom. The Bertz CT molecular complexity index is 742. The Labute approximate surface area is 120 Å². The van der Waals surface area contributed by atoms with E-state index < -0.39 is 0 Å². The van der Waals surface area contributed by atoms with Crippen LogP contribution in [0, 0.1) is 0 Å². The number of benzene rings is 1. The van der Waals surface area contributed by atoms with Gasteiger partial charge >= 0.3 is 6.08 Å². The van der Waals surface area contributed by atoms with E-state index in [0.717, 1.165) is 11.1 Å². The predicted octanol–water partition coefficient (Wildman–Crippen LogP) is 3.39. The lowest BCUT2D eigenvalue weighted by Gasteiger charge is -2.05. The molecule has 1 aromatic carbocycles. The van der Waals surface area contributed by atoms with Gasteiger partial charge in [0, 0.05) is 18.1 Å². The molecule has 5 nitrogen and oxygen atoms in total. The van der Waals surface area contributed by atoms with Crippen molar-refractivity contribution in [2.45, 2.75) is 6.54 Å². The van der Waals surface area contributed by atoms with Crippen molar-refractivity contribution >= 4 is 22.5 Å². The lowest BCUT2D eigenvalue weighted by atomic mass is 10.2. The fraction of sp³-hybridized carbons (Fsp3) is 0.143. The third kappa shape index (κ3) is 2.45. The van der Waals surface area contributed by atoms with Gasteiger partial charge in [0.1, 0.15) is 11.8 Å². The van der Waals surface area contributed by atoms with Crippen molar-refractivity contribution < 1.29 is 9.15 Å². The largest absolute Gasteiger partial charge is 0.417 e. The third-order valence-electron chi connectivity index (χ3n) is 2.77. The SMILES string of the molecule is CNCc1coc(Oc2ccc(Cl)c3cccnc23)n1. The zero-order chi connectivity index (χ0) is 13.9. The average molecular weight is 290 g/mol. The van der Waals surface area contributed by atoms with E-state index in [1.807, 2.05) is 19.2 Å². The third-order valence-corrected chi connectivity index (χ3v) is 3.09. The first kappa shape index (κ1) is 12.9. The van der Waals surface area contributed by atoms with Gasteiger partial charge in [0.25, 0.3) is 0 Å². The zero-order valence-electron chi connectivity index (χ0n) is 10.8. The molecule has 0 radical (unpaired) electrons. The molecule has 1 N–H and O–H groups in total. The lowest BCUT2D eigenvalue weighted by molar-refractivity contribution is 0.333. The van der Waals surface area contributed by atoms with Gasteiger partial charge in [0.15, 0.2) is 5.75 Å². The number of oxazole rings is 1. The molecular weight excluding hydrogens is 278 g/mol. The maximum atomic E-state index is 6.13. The van der Waals surface area contributed by atoms with Crippen LogP contribution in [0.2, 0.25) is 5.02 Å². The standard InChI is InChI=1S/C14H12ClN3O2/c1-16-7-9-8-19-14(18-9)20-12-5-4-11(15)10-3-2-6-17-13(10)12/h2-6,8,16H,7H2,1H3. The Morgan fingerprint density at radius 1 is 1.35 bits per heavy atom. The van der Waals surface area contributed by atoms with E-state index in [1.54, 1.807) is 24.6 Å². The summed E-state index contributed by atoms with van der Waals surface area (Å²) in [5, 5.41) is 4.45. The van der Waals surface area contributed by atoms with E-state index in [9.17, 15) is 0 Å². The van der Waals surface area contributed by atoms with Gasteiger partial charge in [-0.05, 0) is 31.3 Å². The number of hydrogen-bond donors (Lipinski definition) is 1. The Balaban J connectivity index is 1.96. The van der Waals surface area contributed by atoms with Gasteiger partial charge in [-0.2, -0.15) is 4.98 Å². The molecule has 0 saturated heterocycles. The molecule has 0 fully saturated rings. The van der Waals surface area contributed by atoms with Crippen LogP contribution in [0.1, 0.15) is 5.69 Å². The fourth-order valence-corrected chi connectivity index (χ4v) is 2.10. The van der Waals surface area contributed by atoms with Crippen molar-refractivity contribution in [3.05, 3.63) is 47.4 Å². The second-order valence-electron chi connectivity index (χ2n) is 4.18. The summed E-state index contributed by atoms with van der Waals surface area (Å²) >= 11 is 6.13. The van der Waals surface area contributed by atoms with Crippen molar-refractivity contribution in [2.75, 3.05) is 7.05 Å². The van der Waals surface area contributed by atoms with E-state index in [1.165, 1.54) is 0 Å². The van der Waals surface area contributed by atoms with Crippen LogP contribution >= 0.6 is 11.6 Å². The minimum Gasteiger partial charge on any atom is -0.417 e. The van der Waals surface area contributed by atoms with E-state index in [4.69, 9.17) is 20.8 Å². The number of nitrogens with zero attached hydrogens (tertiary/aromatic N) is 2. The highest BCUT2D eigenvalue weighted by atomic mass is 35.5. The van der Waals surface area contributed by atoms with Crippen LogP contribution in [-0.2, 0) is 6.54 Å². The van der Waals surface area contributed by atoms with Crippen LogP contribution in [0.15, 0.2) is 41.1 Å². The van der Waals surface area contributed by atoms with Crippen LogP contribution < -0.4 is 10.1 Å². The summed E-state index contributed by atoms with van der Waals surface area (Å²) in [5.74, 6) is 0.558. The van der Waals surface area contributed by atoms with E-state index in [2.05, 4.69) is 15.3 Å². The molecule has 0 unspecified atom stereocenters. The molecule has 2 heterocycles. The summed E-state index contributed by atoms with van der Waals surface area (Å²) in [4.78, 5) is 8.50. The molecule has 102 valence electrons. The number of nitrogens with one attached hydrogen (secondary N) is 1. The van der Waals surface area contributed by atoms with Crippen molar-refractivity contribution in [3.8, 4) is 11.8 Å². The normalized spacial score (nSPS) is 10.9. The number of fused-ring (bicyclic) bond motifs is 1. The van der Waals surface area contributed by atoms with Crippen molar-refractivity contribution in [3.63, 3.8) is 0 Å². The predicted molar refractivity (Wildman–Crippen MR) is 76.1 cm³/mol. The van der Waals surface area contributed by atoms with Crippen LogP contribution in [0.25, 0.3) is 10.9 Å². The van der Waals surface area contributed by atoms with E-state index >= 15 is 0 Å². The molecule has 0 amide bonds. The van der Waals surface area contributed by atoms with Gasteiger partial charge in [0.2, 0.25) is 0 Å². The summed E-state index contributed by atoms with van der Waals surface area (Å²) in [5.41, 5.74) is 1.45. The highest BCUT2D eigenvalue weighted by Crippen LogP contribution is 2.32. The first-order valence-electron chi connectivity index (χ1n) is 6.08. The first-order valence-corrected chi connectivity index (χ1v) is 6.46.